The summed E-state index contributed by atoms with van der Waals surface area (Å²) in [4.78, 5) is 23.1. The van der Waals surface area contributed by atoms with E-state index in [0.29, 0.717) is 26.1 Å². The summed E-state index contributed by atoms with van der Waals surface area (Å²) >= 11 is 11.9. The maximum absolute atomic E-state index is 11.5. The number of carbonyl (C=O) groups excluding carboxylic acids is 2. The van der Waals surface area contributed by atoms with Crippen LogP contribution in [-0.2, 0) is 19.1 Å². The molecule has 0 aliphatic carbocycles. The molecule has 0 aromatic heterocycles. The number of hydrogen-bond acceptors (Lipinski definition) is 4. The van der Waals surface area contributed by atoms with Crippen LogP contribution in [0.5, 0.6) is 0 Å². The summed E-state index contributed by atoms with van der Waals surface area (Å²) in [5.74, 6) is -0.317. The van der Waals surface area contributed by atoms with Gasteiger partial charge in [0.1, 0.15) is 0 Å². The standard InChI is InChI=1S/C30H56Cl2O4/c1-3-27(31)25-29(33)35-23-21-19-17-15-13-11-9-7-5-6-8-10-12-14-16-18-20-22-24-36-30(34)26-28(32)4-2/h27-28H,3-26H2,1-2H3. The topological polar surface area (TPSA) is 52.6 Å². The van der Waals surface area contributed by atoms with Crippen LogP contribution in [0.15, 0.2) is 0 Å². The largest absolute Gasteiger partial charge is 0.466 e. The van der Waals surface area contributed by atoms with E-state index in [1.807, 2.05) is 13.8 Å². The zero-order valence-corrected chi connectivity index (χ0v) is 25.0. The molecule has 0 fully saturated rings. The average Bonchev–Trinajstić information content (AvgIpc) is 2.86. The van der Waals surface area contributed by atoms with Gasteiger partial charge in [-0.2, -0.15) is 0 Å². The second-order valence-corrected chi connectivity index (χ2v) is 11.5. The van der Waals surface area contributed by atoms with Crippen LogP contribution in [0, 0.1) is 0 Å². The minimum atomic E-state index is -0.158. The first kappa shape index (κ1) is 35.5. The highest BCUT2D eigenvalue weighted by Gasteiger charge is 2.10. The third-order valence-electron chi connectivity index (χ3n) is 6.73. The number of esters is 2. The fraction of sp³-hybridized carbons (Fsp3) is 0.933. The Morgan fingerprint density at radius 2 is 0.694 bits per heavy atom. The van der Waals surface area contributed by atoms with Crippen molar-refractivity contribution in [3.8, 4) is 0 Å². The van der Waals surface area contributed by atoms with Gasteiger partial charge in [0.05, 0.1) is 26.1 Å². The van der Waals surface area contributed by atoms with Crippen LogP contribution in [0.4, 0.5) is 0 Å². The van der Waals surface area contributed by atoms with Gasteiger partial charge in [0.25, 0.3) is 0 Å². The van der Waals surface area contributed by atoms with E-state index in [2.05, 4.69) is 0 Å². The number of unbranched alkanes of at least 4 members (excludes halogenated alkanes) is 17. The van der Waals surface area contributed by atoms with Gasteiger partial charge < -0.3 is 9.47 Å². The highest BCUT2D eigenvalue weighted by molar-refractivity contribution is 6.21. The molecule has 0 rings (SSSR count). The molecule has 0 aromatic rings. The normalized spacial score (nSPS) is 12.9. The molecule has 0 aromatic carbocycles. The SMILES string of the molecule is CCC(Cl)CC(=O)OCCCCCCCCCCCCCCCCCCCCOC(=O)CC(Cl)CC. The van der Waals surface area contributed by atoms with Crippen LogP contribution >= 0.6 is 23.2 Å². The predicted octanol–water partition coefficient (Wildman–Crippen LogP) is 9.91. The lowest BCUT2D eigenvalue weighted by Gasteiger charge is -2.07. The molecule has 6 heteroatoms. The van der Waals surface area contributed by atoms with Crippen LogP contribution in [0.2, 0.25) is 0 Å². The molecule has 0 saturated heterocycles. The summed E-state index contributed by atoms with van der Waals surface area (Å²) in [5, 5.41) is -0.183. The molecule has 0 N–H and O–H groups in total. The molecule has 0 aliphatic rings. The van der Waals surface area contributed by atoms with Gasteiger partial charge in [0, 0.05) is 10.8 Å². The van der Waals surface area contributed by atoms with Crippen molar-refractivity contribution in [3.63, 3.8) is 0 Å². The Morgan fingerprint density at radius 1 is 0.472 bits per heavy atom. The lowest BCUT2D eigenvalue weighted by molar-refractivity contribution is -0.144. The van der Waals surface area contributed by atoms with Crippen molar-refractivity contribution in [1.29, 1.82) is 0 Å². The lowest BCUT2D eigenvalue weighted by Crippen LogP contribution is -2.11. The molecule has 2 unspecified atom stereocenters. The maximum Gasteiger partial charge on any atom is 0.307 e. The van der Waals surface area contributed by atoms with Gasteiger partial charge >= 0.3 is 11.9 Å². The van der Waals surface area contributed by atoms with Gasteiger partial charge in [-0.3, -0.25) is 9.59 Å². The highest BCUT2D eigenvalue weighted by atomic mass is 35.5. The quantitative estimate of drug-likeness (QED) is 0.0579. The number of carbonyl (C=O) groups is 2. The zero-order valence-electron chi connectivity index (χ0n) is 23.5. The van der Waals surface area contributed by atoms with Crippen molar-refractivity contribution in [2.24, 2.45) is 0 Å². The molecule has 0 spiro atoms. The summed E-state index contributed by atoms with van der Waals surface area (Å²) in [6.07, 6.45) is 25.2. The van der Waals surface area contributed by atoms with E-state index in [0.717, 1.165) is 38.5 Å². The molecular weight excluding hydrogens is 495 g/mol. The molecule has 0 heterocycles. The minimum Gasteiger partial charge on any atom is -0.466 e. The summed E-state index contributed by atoms with van der Waals surface area (Å²) < 4.78 is 10.5. The first-order valence-electron chi connectivity index (χ1n) is 15.1. The van der Waals surface area contributed by atoms with Gasteiger partial charge in [-0.1, -0.05) is 117 Å². The number of ether oxygens (including phenoxy) is 2. The van der Waals surface area contributed by atoms with Crippen molar-refractivity contribution in [2.45, 2.75) is 166 Å². The minimum absolute atomic E-state index is 0.0914. The van der Waals surface area contributed by atoms with E-state index < -0.39 is 0 Å². The lowest BCUT2D eigenvalue weighted by atomic mass is 10.0. The van der Waals surface area contributed by atoms with E-state index in [1.165, 1.54) is 89.9 Å². The summed E-state index contributed by atoms with van der Waals surface area (Å²) in [6, 6.07) is 0. The van der Waals surface area contributed by atoms with Crippen LogP contribution in [0.1, 0.15) is 155 Å². The fourth-order valence-electron chi connectivity index (χ4n) is 4.17. The van der Waals surface area contributed by atoms with Crippen molar-refractivity contribution in [3.05, 3.63) is 0 Å². The molecule has 0 amide bonds. The molecular formula is C30H56Cl2O4. The molecule has 0 aliphatic heterocycles. The number of hydrogen-bond donors (Lipinski definition) is 0. The Morgan fingerprint density at radius 3 is 0.917 bits per heavy atom. The summed E-state index contributed by atoms with van der Waals surface area (Å²) in [6.45, 7) is 5.05. The highest BCUT2D eigenvalue weighted by Crippen LogP contribution is 2.15. The maximum atomic E-state index is 11.5. The Hall–Kier alpha value is -0.480. The molecule has 214 valence electrons. The molecule has 4 nitrogen and oxygen atoms in total. The Bertz CT molecular complexity index is 457. The number of halogens is 2. The molecule has 0 bridgehead atoms. The van der Waals surface area contributed by atoms with Crippen LogP contribution in [0.3, 0.4) is 0 Å². The van der Waals surface area contributed by atoms with E-state index in [1.54, 1.807) is 0 Å². The molecule has 0 saturated carbocycles. The van der Waals surface area contributed by atoms with Crippen molar-refractivity contribution < 1.29 is 19.1 Å². The first-order chi connectivity index (χ1) is 17.5. The zero-order chi connectivity index (χ0) is 26.7. The second kappa shape index (κ2) is 27.6. The molecule has 2 atom stereocenters. The Labute approximate surface area is 232 Å². The summed E-state index contributed by atoms with van der Waals surface area (Å²) in [5.41, 5.74) is 0. The van der Waals surface area contributed by atoms with Crippen molar-refractivity contribution in [1.82, 2.24) is 0 Å². The number of rotatable bonds is 27. The van der Waals surface area contributed by atoms with E-state index in [9.17, 15) is 9.59 Å². The third-order valence-corrected chi connectivity index (χ3v) is 7.65. The average molecular weight is 552 g/mol. The second-order valence-electron chi connectivity index (χ2n) is 10.2. The summed E-state index contributed by atoms with van der Waals surface area (Å²) in [7, 11) is 0. The molecule has 0 radical (unpaired) electrons. The Kier molecular flexibility index (Phi) is 27.2. The first-order valence-corrected chi connectivity index (χ1v) is 16.0. The van der Waals surface area contributed by atoms with Gasteiger partial charge in [-0.25, -0.2) is 0 Å². The van der Waals surface area contributed by atoms with Gasteiger partial charge in [0.15, 0.2) is 0 Å². The van der Waals surface area contributed by atoms with Crippen LogP contribution in [0.25, 0.3) is 0 Å². The van der Waals surface area contributed by atoms with Crippen molar-refractivity contribution >= 4 is 35.1 Å². The predicted molar refractivity (Wildman–Crippen MR) is 154 cm³/mol. The van der Waals surface area contributed by atoms with Gasteiger partial charge in [-0.15, -0.1) is 23.2 Å². The van der Waals surface area contributed by atoms with E-state index in [-0.39, 0.29) is 22.7 Å². The fourth-order valence-corrected chi connectivity index (χ4v) is 4.42. The van der Waals surface area contributed by atoms with E-state index in [4.69, 9.17) is 32.7 Å². The smallest absolute Gasteiger partial charge is 0.307 e. The number of alkyl halides is 2. The van der Waals surface area contributed by atoms with Crippen LogP contribution < -0.4 is 0 Å². The molecule has 36 heavy (non-hydrogen) atoms. The van der Waals surface area contributed by atoms with E-state index >= 15 is 0 Å². The van der Waals surface area contributed by atoms with Crippen LogP contribution in [-0.4, -0.2) is 35.9 Å². The van der Waals surface area contributed by atoms with Gasteiger partial charge in [-0.05, 0) is 25.7 Å². The third kappa shape index (κ3) is 26.6. The monoisotopic (exact) mass is 550 g/mol. The Balaban J connectivity index is 3.17. The van der Waals surface area contributed by atoms with Crippen molar-refractivity contribution in [2.75, 3.05) is 13.2 Å². The van der Waals surface area contributed by atoms with Gasteiger partial charge in [0.2, 0.25) is 0 Å².